The molecule has 3 aromatic rings. The van der Waals surface area contributed by atoms with E-state index < -0.39 is 0 Å². The van der Waals surface area contributed by atoms with Crippen LogP contribution in [0.25, 0.3) is 10.8 Å². The minimum atomic E-state index is 0.643. The lowest BCUT2D eigenvalue weighted by Gasteiger charge is -2.09. The van der Waals surface area contributed by atoms with Gasteiger partial charge in [-0.25, -0.2) is 4.98 Å². The van der Waals surface area contributed by atoms with Crippen LogP contribution in [-0.4, -0.2) is 12.0 Å². The van der Waals surface area contributed by atoms with Gasteiger partial charge in [0.05, 0.1) is 0 Å². The van der Waals surface area contributed by atoms with E-state index in [1.807, 2.05) is 49.5 Å². The van der Waals surface area contributed by atoms with E-state index in [2.05, 4.69) is 22.4 Å². The highest BCUT2D eigenvalue weighted by Gasteiger charge is 2.04. The number of hydrogen-bond donors (Lipinski definition) is 1. The zero-order chi connectivity index (χ0) is 13.8. The minimum Gasteiger partial charge on any atom is -0.438 e. The van der Waals surface area contributed by atoms with E-state index in [0.29, 0.717) is 5.88 Å². The average Bonchev–Trinajstić information content (AvgIpc) is 2.48. The molecule has 0 aliphatic carbocycles. The molecule has 0 aliphatic rings. The molecule has 0 fully saturated rings. The van der Waals surface area contributed by atoms with Crippen LogP contribution >= 0.6 is 0 Å². The third kappa shape index (κ3) is 2.63. The van der Waals surface area contributed by atoms with Gasteiger partial charge in [0.1, 0.15) is 5.75 Å². The molecule has 1 heterocycles. The van der Waals surface area contributed by atoms with E-state index in [1.165, 1.54) is 5.56 Å². The molecule has 0 atom stereocenters. The number of pyridine rings is 1. The van der Waals surface area contributed by atoms with E-state index in [9.17, 15) is 0 Å². The Hall–Kier alpha value is -2.39. The fourth-order valence-electron chi connectivity index (χ4n) is 2.21. The van der Waals surface area contributed by atoms with Crippen LogP contribution in [0.15, 0.2) is 60.8 Å². The molecule has 0 aliphatic heterocycles. The number of hydrogen-bond acceptors (Lipinski definition) is 3. The molecular weight excluding hydrogens is 248 g/mol. The maximum absolute atomic E-state index is 5.94. The normalized spacial score (nSPS) is 10.7. The number of nitrogens with one attached hydrogen (secondary N) is 1. The summed E-state index contributed by atoms with van der Waals surface area (Å²) in [5.74, 6) is 1.45. The lowest BCUT2D eigenvalue weighted by molar-refractivity contribution is 0.468. The predicted octanol–water partition coefficient (Wildman–Crippen LogP) is 3.75. The van der Waals surface area contributed by atoms with Gasteiger partial charge in [-0.3, -0.25) is 0 Å². The summed E-state index contributed by atoms with van der Waals surface area (Å²) in [6, 6.07) is 18.1. The minimum absolute atomic E-state index is 0.643. The van der Waals surface area contributed by atoms with Gasteiger partial charge in [-0.15, -0.1) is 0 Å². The van der Waals surface area contributed by atoms with Crippen molar-refractivity contribution in [1.29, 1.82) is 0 Å². The smallest absolute Gasteiger partial charge is 0.227 e. The third-order valence-corrected chi connectivity index (χ3v) is 3.13. The summed E-state index contributed by atoms with van der Waals surface area (Å²) in [5.41, 5.74) is 1.19. The van der Waals surface area contributed by atoms with Crippen LogP contribution in [0.2, 0.25) is 0 Å². The summed E-state index contributed by atoms with van der Waals surface area (Å²) in [6.07, 6.45) is 1.77. The summed E-state index contributed by atoms with van der Waals surface area (Å²) >= 11 is 0. The fourth-order valence-corrected chi connectivity index (χ4v) is 2.21. The van der Waals surface area contributed by atoms with Crippen molar-refractivity contribution in [2.75, 3.05) is 7.05 Å². The van der Waals surface area contributed by atoms with Gasteiger partial charge in [-0.1, -0.05) is 30.3 Å². The Morgan fingerprint density at radius 3 is 2.85 bits per heavy atom. The first kappa shape index (κ1) is 12.6. The van der Waals surface area contributed by atoms with Gasteiger partial charge in [-0.05, 0) is 42.3 Å². The standard InChI is InChI=1S/C17H16N2O/c1-18-12-13-5-4-7-15(11-13)20-17-16-8-3-2-6-14(16)9-10-19-17/h2-11,18H,12H2,1H3. The number of aromatic nitrogens is 1. The van der Waals surface area contributed by atoms with Crippen molar-refractivity contribution >= 4 is 10.8 Å². The summed E-state index contributed by atoms with van der Waals surface area (Å²) in [4.78, 5) is 4.34. The highest BCUT2D eigenvalue weighted by Crippen LogP contribution is 2.27. The Morgan fingerprint density at radius 1 is 1.05 bits per heavy atom. The van der Waals surface area contributed by atoms with E-state index in [0.717, 1.165) is 23.1 Å². The Labute approximate surface area is 118 Å². The van der Waals surface area contributed by atoms with Gasteiger partial charge in [0, 0.05) is 18.1 Å². The SMILES string of the molecule is CNCc1cccc(Oc2nccc3ccccc23)c1. The third-order valence-electron chi connectivity index (χ3n) is 3.13. The van der Waals surface area contributed by atoms with Crippen molar-refractivity contribution in [3.63, 3.8) is 0 Å². The van der Waals surface area contributed by atoms with Gasteiger partial charge < -0.3 is 10.1 Å². The van der Waals surface area contributed by atoms with Gasteiger partial charge in [-0.2, -0.15) is 0 Å². The monoisotopic (exact) mass is 264 g/mol. The van der Waals surface area contributed by atoms with Crippen molar-refractivity contribution in [1.82, 2.24) is 10.3 Å². The lowest BCUT2D eigenvalue weighted by Crippen LogP contribution is -2.04. The first-order chi connectivity index (χ1) is 9.86. The predicted molar refractivity (Wildman–Crippen MR) is 81.0 cm³/mol. The highest BCUT2D eigenvalue weighted by molar-refractivity contribution is 5.86. The molecule has 100 valence electrons. The Bertz CT molecular complexity index is 720. The zero-order valence-corrected chi connectivity index (χ0v) is 11.3. The number of fused-ring (bicyclic) bond motifs is 1. The highest BCUT2D eigenvalue weighted by atomic mass is 16.5. The summed E-state index contributed by atoms with van der Waals surface area (Å²) in [7, 11) is 1.93. The van der Waals surface area contributed by atoms with Crippen LogP contribution in [0.3, 0.4) is 0 Å². The summed E-state index contributed by atoms with van der Waals surface area (Å²) < 4.78 is 5.94. The van der Waals surface area contributed by atoms with Gasteiger partial charge in [0.25, 0.3) is 0 Å². The number of nitrogens with zero attached hydrogens (tertiary/aromatic N) is 1. The van der Waals surface area contributed by atoms with Crippen molar-refractivity contribution in [2.24, 2.45) is 0 Å². The first-order valence-corrected chi connectivity index (χ1v) is 6.62. The molecule has 0 bridgehead atoms. The molecule has 0 amide bonds. The topological polar surface area (TPSA) is 34.1 Å². The average molecular weight is 264 g/mol. The molecule has 0 unspecified atom stereocenters. The largest absolute Gasteiger partial charge is 0.438 e. The second-order valence-electron chi connectivity index (χ2n) is 4.62. The van der Waals surface area contributed by atoms with Gasteiger partial charge in [0.2, 0.25) is 5.88 Å². The molecule has 20 heavy (non-hydrogen) atoms. The van der Waals surface area contributed by atoms with Crippen LogP contribution in [0.1, 0.15) is 5.56 Å². The fraction of sp³-hybridized carbons (Fsp3) is 0.118. The van der Waals surface area contributed by atoms with Crippen molar-refractivity contribution in [3.05, 3.63) is 66.4 Å². The Morgan fingerprint density at radius 2 is 1.95 bits per heavy atom. The molecule has 3 heteroatoms. The first-order valence-electron chi connectivity index (χ1n) is 6.62. The maximum atomic E-state index is 5.94. The lowest BCUT2D eigenvalue weighted by atomic mass is 10.2. The Kier molecular flexibility index (Phi) is 3.61. The summed E-state index contributed by atoms with van der Waals surface area (Å²) in [6.45, 7) is 0.820. The van der Waals surface area contributed by atoms with E-state index in [4.69, 9.17) is 4.74 Å². The molecule has 0 saturated heterocycles. The van der Waals surface area contributed by atoms with E-state index in [1.54, 1.807) is 6.20 Å². The molecule has 2 aromatic carbocycles. The molecule has 3 rings (SSSR count). The van der Waals surface area contributed by atoms with Crippen LogP contribution in [-0.2, 0) is 6.54 Å². The van der Waals surface area contributed by atoms with Gasteiger partial charge in [0.15, 0.2) is 0 Å². The quantitative estimate of drug-likeness (QED) is 0.779. The van der Waals surface area contributed by atoms with Crippen LogP contribution in [0, 0.1) is 0 Å². The van der Waals surface area contributed by atoms with Crippen molar-refractivity contribution in [2.45, 2.75) is 6.54 Å². The van der Waals surface area contributed by atoms with Gasteiger partial charge >= 0.3 is 0 Å². The molecule has 0 radical (unpaired) electrons. The van der Waals surface area contributed by atoms with E-state index in [-0.39, 0.29) is 0 Å². The maximum Gasteiger partial charge on any atom is 0.227 e. The second kappa shape index (κ2) is 5.72. The molecule has 3 nitrogen and oxygen atoms in total. The number of ether oxygens (including phenoxy) is 1. The number of rotatable bonds is 4. The van der Waals surface area contributed by atoms with Crippen LogP contribution < -0.4 is 10.1 Å². The Balaban J connectivity index is 1.95. The molecule has 1 N–H and O–H groups in total. The molecule has 0 saturated carbocycles. The number of benzene rings is 2. The zero-order valence-electron chi connectivity index (χ0n) is 11.3. The van der Waals surface area contributed by atoms with E-state index >= 15 is 0 Å². The van der Waals surface area contributed by atoms with Crippen molar-refractivity contribution < 1.29 is 4.74 Å². The molecular formula is C17H16N2O. The molecule has 0 spiro atoms. The molecule has 1 aromatic heterocycles. The summed E-state index contributed by atoms with van der Waals surface area (Å²) in [5, 5.41) is 5.28. The van der Waals surface area contributed by atoms with Crippen LogP contribution in [0.5, 0.6) is 11.6 Å². The van der Waals surface area contributed by atoms with Crippen molar-refractivity contribution in [3.8, 4) is 11.6 Å². The second-order valence-corrected chi connectivity index (χ2v) is 4.62. The van der Waals surface area contributed by atoms with Crippen LogP contribution in [0.4, 0.5) is 0 Å².